The van der Waals surface area contributed by atoms with E-state index in [0.29, 0.717) is 12.7 Å². The number of rotatable bonds is 9. The molecule has 43 heavy (non-hydrogen) atoms. The van der Waals surface area contributed by atoms with Gasteiger partial charge in [0.05, 0.1) is 0 Å². The van der Waals surface area contributed by atoms with E-state index in [9.17, 15) is 0 Å². The molecule has 6 rings (SSSR count). The Morgan fingerprint density at radius 2 is 0.442 bits per heavy atom. The molecule has 0 atom stereocenters. The topological polar surface area (TPSA) is 0 Å². The minimum Gasteiger partial charge on any atom is -0.0620 e. The first-order valence-electron chi connectivity index (χ1n) is 14.2. The molecule has 0 heterocycles. The van der Waals surface area contributed by atoms with Gasteiger partial charge in [0, 0.05) is 0 Å². The van der Waals surface area contributed by atoms with Crippen molar-refractivity contribution in [2.45, 2.75) is 0 Å². The van der Waals surface area contributed by atoms with Gasteiger partial charge in [-0.15, -0.1) is 0 Å². The molecule has 0 bridgehead atoms. The number of hydrogen-bond acceptors (Lipinski definition) is 0. The molecule has 5 heteroatoms. The Morgan fingerprint density at radius 3 is 0.581 bits per heavy atom. The third kappa shape index (κ3) is 6.99. The van der Waals surface area contributed by atoms with Crippen molar-refractivity contribution in [3.63, 3.8) is 0 Å². The van der Waals surface area contributed by atoms with Crippen molar-refractivity contribution >= 4 is 66.7 Å². The molecular weight excluding hydrogens is 648 g/mol. The molecule has 6 aromatic carbocycles. The Labute approximate surface area is 272 Å². The molecule has 0 nitrogen and oxygen atoms in total. The minimum absolute atomic E-state index is 0.569. The van der Waals surface area contributed by atoms with Gasteiger partial charge in [0.2, 0.25) is 0 Å². The predicted octanol–water partition coefficient (Wildman–Crippen LogP) is 8.35. The van der Waals surface area contributed by atoms with Crippen LogP contribution in [0.4, 0.5) is 0 Å². The van der Waals surface area contributed by atoms with E-state index in [0.717, 1.165) is 12.3 Å². The second kappa shape index (κ2) is 15.8. The summed E-state index contributed by atoms with van der Waals surface area (Å²) in [5.74, 6) is 0. The van der Waals surface area contributed by atoms with Crippen LogP contribution >= 0.6 is 34.9 Å². The first-order valence-corrected chi connectivity index (χ1v) is 20.8. The van der Waals surface area contributed by atoms with E-state index in [4.69, 9.17) is 20.4 Å². The average molecular weight is 682 g/mol. The van der Waals surface area contributed by atoms with Gasteiger partial charge in [-0.25, -0.2) is 0 Å². The van der Waals surface area contributed by atoms with Gasteiger partial charge in [-0.1, -0.05) is 109 Å². The summed E-state index contributed by atoms with van der Waals surface area (Å²) in [4.78, 5) is 0. The van der Waals surface area contributed by atoms with Gasteiger partial charge in [0.25, 0.3) is 0 Å². The fourth-order valence-electron chi connectivity index (χ4n) is 6.06. The normalized spacial score (nSPS) is 11.4. The molecule has 0 aliphatic heterocycles. The van der Waals surface area contributed by atoms with Gasteiger partial charge < -0.3 is 0 Å². The van der Waals surface area contributed by atoms with Crippen LogP contribution in [-0.4, -0.2) is 12.3 Å². The number of hydrogen-bond donors (Lipinski definition) is 0. The fraction of sp³-hybridized carbons (Fsp3) is 0.0526. The summed E-state index contributed by atoms with van der Waals surface area (Å²) in [6.07, 6.45) is 2.16. The minimum atomic E-state index is -1.98. The smallest absolute Gasteiger partial charge is 0.0620 e. The Kier molecular flexibility index (Phi) is 11.7. The Balaban J connectivity index is 0.00000118. The molecule has 0 amide bonds. The standard InChI is InChI=1S/C38H34P2.2ClH.Ni/c1-7-19-33(20-8-1)39(34-21-9-2-10-22-34,35-23-11-3-12-24-35)31-32-40(36-25-13-4-14-26-36,37-27-15-5-16-28-37)38-29-17-6-18-30-38;;;/h1-30H,31-32H2;2*1H;/q+2;;;+2/p-2. The molecule has 218 valence electrons. The third-order valence-corrected chi connectivity index (χ3v) is 17.2. The van der Waals surface area contributed by atoms with E-state index in [2.05, 4.69) is 182 Å². The molecule has 0 spiro atoms. The predicted molar refractivity (Wildman–Crippen MR) is 192 cm³/mol. The third-order valence-electron chi connectivity index (χ3n) is 7.95. The van der Waals surface area contributed by atoms with Crippen LogP contribution in [0.1, 0.15) is 0 Å². The fourth-order valence-corrected chi connectivity index (χ4v) is 15.9. The Bertz CT molecular complexity index is 1320. The monoisotopic (exact) mass is 680 g/mol. The van der Waals surface area contributed by atoms with Crippen LogP contribution < -0.4 is 31.8 Å². The zero-order valence-corrected chi connectivity index (χ0v) is 28.0. The van der Waals surface area contributed by atoms with Crippen LogP contribution in [0.15, 0.2) is 182 Å². The summed E-state index contributed by atoms with van der Waals surface area (Å²) in [5, 5.41) is 8.66. The summed E-state index contributed by atoms with van der Waals surface area (Å²) in [5.41, 5.74) is 0. The first kappa shape index (κ1) is 31.7. The molecule has 0 N–H and O–H groups in total. The number of benzene rings is 6. The molecule has 0 aromatic heterocycles. The molecule has 0 saturated heterocycles. The first-order chi connectivity index (χ1) is 21.3. The average Bonchev–Trinajstić information content (AvgIpc) is 3.10. The summed E-state index contributed by atoms with van der Waals surface area (Å²) in [6.45, 7) is 0. The van der Waals surface area contributed by atoms with E-state index >= 15 is 0 Å². The quantitative estimate of drug-likeness (QED) is 0.106. The van der Waals surface area contributed by atoms with Crippen molar-refractivity contribution in [3.05, 3.63) is 182 Å². The van der Waals surface area contributed by atoms with Gasteiger partial charge in [-0.2, -0.15) is 0 Å². The van der Waals surface area contributed by atoms with Crippen LogP contribution in [-0.2, 0) is 12.7 Å². The second-order valence-electron chi connectivity index (χ2n) is 10.1. The Hall–Kier alpha value is -2.75. The molecular formula is C38H34Cl2NiP2+2. The van der Waals surface area contributed by atoms with Gasteiger partial charge in [-0.3, -0.25) is 0 Å². The van der Waals surface area contributed by atoms with Crippen molar-refractivity contribution in [2.24, 2.45) is 0 Å². The van der Waals surface area contributed by atoms with Crippen LogP contribution in [0.25, 0.3) is 0 Å². The summed E-state index contributed by atoms with van der Waals surface area (Å²) < 4.78 is 0. The van der Waals surface area contributed by atoms with E-state index < -0.39 is 14.5 Å². The zero-order valence-electron chi connectivity index (χ0n) is 23.7. The van der Waals surface area contributed by atoms with Gasteiger partial charge in [0.1, 0.15) is 58.7 Å². The molecule has 0 saturated carbocycles. The molecule has 6 aromatic rings. The van der Waals surface area contributed by atoms with Crippen LogP contribution in [0.3, 0.4) is 0 Å². The van der Waals surface area contributed by atoms with E-state index in [1.165, 1.54) is 31.8 Å². The summed E-state index contributed by atoms with van der Waals surface area (Å²) in [7, 11) is 5.44. The van der Waals surface area contributed by atoms with Gasteiger partial charge >= 0.3 is 33.0 Å². The van der Waals surface area contributed by atoms with Crippen molar-refractivity contribution < 1.29 is 12.7 Å². The summed E-state index contributed by atoms with van der Waals surface area (Å²) >= 11 is 0.569. The maximum Gasteiger partial charge on any atom is 0.115 e. The molecule has 0 fully saturated rings. The van der Waals surface area contributed by atoms with Crippen LogP contribution in [0.2, 0.25) is 0 Å². The molecule has 0 radical (unpaired) electrons. The van der Waals surface area contributed by atoms with Gasteiger partial charge in [-0.05, 0) is 72.8 Å². The van der Waals surface area contributed by atoms with Crippen molar-refractivity contribution in [3.8, 4) is 0 Å². The molecule has 0 aliphatic carbocycles. The van der Waals surface area contributed by atoms with Crippen LogP contribution in [0.5, 0.6) is 0 Å². The maximum absolute atomic E-state index is 4.70. The van der Waals surface area contributed by atoms with Crippen LogP contribution in [0, 0.1) is 0 Å². The second-order valence-corrected chi connectivity index (χ2v) is 19.0. The van der Waals surface area contributed by atoms with E-state index in [1.807, 2.05) is 0 Å². The summed E-state index contributed by atoms with van der Waals surface area (Å²) in [6, 6.07) is 67.8. The maximum atomic E-state index is 4.70. The Morgan fingerprint density at radius 1 is 0.302 bits per heavy atom. The van der Waals surface area contributed by atoms with Crippen molar-refractivity contribution in [1.29, 1.82) is 0 Å². The SMILES string of the molecule is [Cl][Ni][Cl].c1ccc([P+](CC[P+](c2ccccc2)(c2ccccc2)c2ccccc2)(c2ccccc2)c2ccccc2)cc1. The van der Waals surface area contributed by atoms with Gasteiger partial charge in [0.15, 0.2) is 0 Å². The van der Waals surface area contributed by atoms with Crippen molar-refractivity contribution in [2.75, 3.05) is 12.3 Å². The van der Waals surface area contributed by atoms with Crippen molar-refractivity contribution in [1.82, 2.24) is 0 Å². The van der Waals surface area contributed by atoms with E-state index in [1.54, 1.807) is 0 Å². The van der Waals surface area contributed by atoms with E-state index in [-0.39, 0.29) is 0 Å². The number of halogens is 2. The zero-order chi connectivity index (χ0) is 29.8. The molecule has 0 aliphatic rings. The largest absolute Gasteiger partial charge is 0.115 e. The molecule has 0 unspecified atom stereocenters.